The van der Waals surface area contributed by atoms with E-state index in [4.69, 9.17) is 0 Å². The molecule has 0 spiro atoms. The van der Waals surface area contributed by atoms with Crippen molar-refractivity contribution in [1.82, 2.24) is 15.5 Å². The van der Waals surface area contributed by atoms with Crippen LogP contribution < -0.4 is 10.6 Å². The standard InChI is InChI=1S/C13H27N3O/c1-4-8-16(13(17)15-11(2)3)10-12-6-5-7-14-9-12/h11-12,14H,4-10H2,1-3H3,(H,15,17). The molecule has 17 heavy (non-hydrogen) atoms. The Balaban J connectivity index is 2.43. The van der Waals surface area contributed by atoms with Crippen LogP contribution in [0.4, 0.5) is 4.79 Å². The zero-order valence-electron chi connectivity index (χ0n) is 11.5. The minimum absolute atomic E-state index is 0.0902. The van der Waals surface area contributed by atoms with Crippen LogP contribution in [0.2, 0.25) is 0 Å². The number of nitrogens with zero attached hydrogens (tertiary/aromatic N) is 1. The highest BCUT2D eigenvalue weighted by molar-refractivity contribution is 5.74. The van der Waals surface area contributed by atoms with Crippen molar-refractivity contribution in [2.24, 2.45) is 5.92 Å². The molecule has 1 saturated heterocycles. The van der Waals surface area contributed by atoms with Crippen molar-refractivity contribution in [2.75, 3.05) is 26.2 Å². The monoisotopic (exact) mass is 241 g/mol. The summed E-state index contributed by atoms with van der Waals surface area (Å²) in [5.74, 6) is 0.619. The van der Waals surface area contributed by atoms with Gasteiger partial charge in [-0.05, 0) is 52.1 Å². The van der Waals surface area contributed by atoms with Gasteiger partial charge in [0.05, 0.1) is 0 Å². The fourth-order valence-electron chi connectivity index (χ4n) is 2.28. The molecule has 1 atom stereocenters. The van der Waals surface area contributed by atoms with Gasteiger partial charge in [-0.2, -0.15) is 0 Å². The molecule has 100 valence electrons. The minimum Gasteiger partial charge on any atom is -0.336 e. The van der Waals surface area contributed by atoms with Crippen LogP contribution in [0.3, 0.4) is 0 Å². The van der Waals surface area contributed by atoms with E-state index in [2.05, 4.69) is 17.6 Å². The summed E-state index contributed by atoms with van der Waals surface area (Å²) < 4.78 is 0. The molecule has 0 aromatic rings. The summed E-state index contributed by atoms with van der Waals surface area (Å²) in [6, 6.07) is 0.304. The van der Waals surface area contributed by atoms with Crippen LogP contribution in [0.5, 0.6) is 0 Å². The van der Waals surface area contributed by atoms with Crippen LogP contribution in [0.1, 0.15) is 40.0 Å². The molecule has 0 bridgehead atoms. The van der Waals surface area contributed by atoms with Gasteiger partial charge in [-0.3, -0.25) is 0 Å². The molecular weight excluding hydrogens is 214 g/mol. The fraction of sp³-hybridized carbons (Fsp3) is 0.923. The maximum absolute atomic E-state index is 12.0. The van der Waals surface area contributed by atoms with E-state index in [-0.39, 0.29) is 12.1 Å². The molecule has 4 nitrogen and oxygen atoms in total. The smallest absolute Gasteiger partial charge is 0.317 e. The third-order valence-electron chi connectivity index (χ3n) is 3.07. The summed E-state index contributed by atoms with van der Waals surface area (Å²) in [6.07, 6.45) is 3.49. The third kappa shape index (κ3) is 5.39. The molecule has 1 aliphatic heterocycles. The van der Waals surface area contributed by atoms with Crippen LogP contribution in [-0.2, 0) is 0 Å². The summed E-state index contributed by atoms with van der Waals surface area (Å²) in [4.78, 5) is 14.0. The van der Waals surface area contributed by atoms with Crippen molar-refractivity contribution in [3.05, 3.63) is 0 Å². The van der Waals surface area contributed by atoms with Crippen LogP contribution in [0.25, 0.3) is 0 Å². The quantitative estimate of drug-likeness (QED) is 0.771. The van der Waals surface area contributed by atoms with Crippen LogP contribution >= 0.6 is 0 Å². The second kappa shape index (κ2) is 7.54. The Bertz CT molecular complexity index is 225. The third-order valence-corrected chi connectivity index (χ3v) is 3.07. The molecule has 1 heterocycles. The van der Waals surface area contributed by atoms with Crippen LogP contribution in [0, 0.1) is 5.92 Å². The molecule has 0 radical (unpaired) electrons. The molecule has 1 aliphatic rings. The SMILES string of the molecule is CCCN(CC1CCCNC1)C(=O)NC(C)C. The maximum Gasteiger partial charge on any atom is 0.317 e. The predicted octanol–water partition coefficient (Wildman–Crippen LogP) is 1.82. The topological polar surface area (TPSA) is 44.4 Å². The maximum atomic E-state index is 12.0. The van der Waals surface area contributed by atoms with Crippen molar-refractivity contribution >= 4 is 6.03 Å². The number of piperidine rings is 1. The van der Waals surface area contributed by atoms with Gasteiger partial charge >= 0.3 is 6.03 Å². The lowest BCUT2D eigenvalue weighted by molar-refractivity contribution is 0.178. The highest BCUT2D eigenvalue weighted by atomic mass is 16.2. The van der Waals surface area contributed by atoms with Gasteiger partial charge in [0.15, 0.2) is 0 Å². The molecule has 0 saturated carbocycles. The second-order valence-electron chi connectivity index (χ2n) is 5.26. The number of hydrogen-bond donors (Lipinski definition) is 2. The Morgan fingerprint density at radius 1 is 1.53 bits per heavy atom. The van der Waals surface area contributed by atoms with E-state index in [1.54, 1.807) is 0 Å². The van der Waals surface area contributed by atoms with E-state index in [1.165, 1.54) is 12.8 Å². The van der Waals surface area contributed by atoms with Gasteiger partial charge < -0.3 is 15.5 Å². The van der Waals surface area contributed by atoms with Gasteiger partial charge in [-0.25, -0.2) is 4.79 Å². The van der Waals surface area contributed by atoms with Crippen molar-refractivity contribution in [3.63, 3.8) is 0 Å². The summed E-state index contributed by atoms with van der Waals surface area (Å²) in [7, 11) is 0. The Morgan fingerprint density at radius 2 is 2.29 bits per heavy atom. The van der Waals surface area contributed by atoms with E-state index in [9.17, 15) is 4.79 Å². The molecule has 4 heteroatoms. The molecule has 2 amide bonds. The van der Waals surface area contributed by atoms with E-state index in [0.29, 0.717) is 5.92 Å². The number of rotatable bonds is 5. The number of amides is 2. The van der Waals surface area contributed by atoms with E-state index >= 15 is 0 Å². The van der Waals surface area contributed by atoms with E-state index in [0.717, 1.165) is 32.6 Å². The molecule has 0 aromatic carbocycles. The molecule has 2 N–H and O–H groups in total. The van der Waals surface area contributed by atoms with Gasteiger partial charge in [0.2, 0.25) is 0 Å². The number of urea groups is 1. The van der Waals surface area contributed by atoms with Crippen LogP contribution in [0.15, 0.2) is 0 Å². The Kier molecular flexibility index (Phi) is 6.34. The number of hydrogen-bond acceptors (Lipinski definition) is 2. The molecule has 1 rings (SSSR count). The lowest BCUT2D eigenvalue weighted by Gasteiger charge is -2.30. The van der Waals surface area contributed by atoms with Gasteiger partial charge in [0.1, 0.15) is 0 Å². The van der Waals surface area contributed by atoms with Crippen molar-refractivity contribution in [1.29, 1.82) is 0 Å². The largest absolute Gasteiger partial charge is 0.336 e. The predicted molar refractivity (Wildman–Crippen MR) is 71.1 cm³/mol. The Morgan fingerprint density at radius 3 is 2.82 bits per heavy atom. The lowest BCUT2D eigenvalue weighted by Crippen LogP contribution is -2.47. The molecule has 1 unspecified atom stereocenters. The first-order valence-electron chi connectivity index (χ1n) is 6.89. The van der Waals surface area contributed by atoms with Gasteiger partial charge in [-0.1, -0.05) is 6.92 Å². The van der Waals surface area contributed by atoms with Crippen LogP contribution in [-0.4, -0.2) is 43.2 Å². The van der Waals surface area contributed by atoms with Crippen molar-refractivity contribution in [3.8, 4) is 0 Å². The van der Waals surface area contributed by atoms with Crippen molar-refractivity contribution in [2.45, 2.75) is 46.1 Å². The van der Waals surface area contributed by atoms with Gasteiger partial charge in [-0.15, -0.1) is 0 Å². The van der Waals surface area contributed by atoms with E-state index in [1.807, 2.05) is 18.7 Å². The lowest BCUT2D eigenvalue weighted by atomic mass is 9.99. The first-order chi connectivity index (χ1) is 8.13. The fourth-order valence-corrected chi connectivity index (χ4v) is 2.28. The average Bonchev–Trinajstić information content (AvgIpc) is 2.29. The normalized spacial score (nSPS) is 20.4. The molecule has 0 aliphatic carbocycles. The molecule has 0 aromatic heterocycles. The molecular formula is C13H27N3O. The minimum atomic E-state index is 0.0902. The number of nitrogens with one attached hydrogen (secondary N) is 2. The number of carbonyl (C=O) groups excluding carboxylic acids is 1. The molecule has 1 fully saturated rings. The van der Waals surface area contributed by atoms with Crippen molar-refractivity contribution < 1.29 is 4.79 Å². The zero-order valence-corrected chi connectivity index (χ0v) is 11.5. The van der Waals surface area contributed by atoms with E-state index < -0.39 is 0 Å². The summed E-state index contributed by atoms with van der Waals surface area (Å²) >= 11 is 0. The highest BCUT2D eigenvalue weighted by Gasteiger charge is 2.20. The number of carbonyl (C=O) groups is 1. The first kappa shape index (κ1) is 14.3. The summed E-state index contributed by atoms with van der Waals surface area (Å²) in [5.41, 5.74) is 0. The second-order valence-corrected chi connectivity index (χ2v) is 5.26. The highest BCUT2D eigenvalue weighted by Crippen LogP contribution is 2.12. The zero-order chi connectivity index (χ0) is 12.7. The van der Waals surface area contributed by atoms with Gasteiger partial charge in [0.25, 0.3) is 0 Å². The Labute approximate surface area is 105 Å². The first-order valence-corrected chi connectivity index (χ1v) is 6.89. The average molecular weight is 241 g/mol. The summed E-state index contributed by atoms with van der Waals surface area (Å²) in [5, 5.41) is 6.39. The summed E-state index contributed by atoms with van der Waals surface area (Å²) in [6.45, 7) is 10.1. The Hall–Kier alpha value is -0.770. The van der Waals surface area contributed by atoms with Gasteiger partial charge in [0, 0.05) is 19.1 Å².